The summed E-state index contributed by atoms with van der Waals surface area (Å²) in [4.78, 5) is 27.5. The fraction of sp³-hybridized carbons (Fsp3) is 0.423. The number of carbonyl (C=O) groups excluding carboxylic acids is 2. The summed E-state index contributed by atoms with van der Waals surface area (Å²) in [5.41, 5.74) is 3.29. The number of benzene rings is 2. The number of esters is 1. The fourth-order valence-corrected chi connectivity index (χ4v) is 4.56. The number of hydrazone groups is 1. The summed E-state index contributed by atoms with van der Waals surface area (Å²) >= 11 is 0. The normalized spacial score (nSPS) is 21.1. The fourth-order valence-electron chi connectivity index (χ4n) is 4.56. The molecule has 0 aliphatic carbocycles. The number of rotatable bonds is 6. The zero-order chi connectivity index (χ0) is 23.4. The molecule has 1 fully saturated rings. The van der Waals surface area contributed by atoms with Crippen molar-refractivity contribution in [3.63, 3.8) is 0 Å². The van der Waals surface area contributed by atoms with Gasteiger partial charge in [-0.3, -0.25) is 14.5 Å². The van der Waals surface area contributed by atoms with Crippen LogP contribution in [0.2, 0.25) is 0 Å². The number of hydrogen-bond donors (Lipinski definition) is 0. The average molecular weight is 452 g/mol. The lowest BCUT2D eigenvalue weighted by molar-refractivity contribution is -0.150. The second-order valence-corrected chi connectivity index (χ2v) is 8.72. The lowest BCUT2D eigenvalue weighted by atomic mass is 9.97. The Morgan fingerprint density at radius 3 is 2.64 bits per heavy atom. The molecule has 2 aliphatic heterocycles. The van der Waals surface area contributed by atoms with E-state index in [-0.39, 0.29) is 30.2 Å². The Bertz CT molecular complexity index is 1040. The highest BCUT2D eigenvalue weighted by Gasteiger charge is 2.36. The van der Waals surface area contributed by atoms with E-state index in [4.69, 9.17) is 4.74 Å². The molecule has 2 aromatic carbocycles. The van der Waals surface area contributed by atoms with Crippen LogP contribution in [0.4, 0.5) is 4.39 Å². The van der Waals surface area contributed by atoms with Crippen LogP contribution in [0.15, 0.2) is 53.6 Å². The second-order valence-electron chi connectivity index (χ2n) is 8.72. The maximum atomic E-state index is 14.7. The highest BCUT2D eigenvalue weighted by Crippen LogP contribution is 2.34. The number of amides is 1. The van der Waals surface area contributed by atoms with Gasteiger partial charge in [0.05, 0.1) is 30.8 Å². The number of piperidine rings is 1. The Balaban J connectivity index is 1.55. The Hall–Kier alpha value is -3.06. The van der Waals surface area contributed by atoms with Gasteiger partial charge in [-0.15, -0.1) is 0 Å². The first-order valence-electron chi connectivity index (χ1n) is 11.6. The van der Waals surface area contributed by atoms with E-state index in [2.05, 4.69) is 5.10 Å². The van der Waals surface area contributed by atoms with Crippen LogP contribution in [0, 0.1) is 18.7 Å². The van der Waals surface area contributed by atoms with Crippen LogP contribution in [0.5, 0.6) is 0 Å². The molecule has 0 spiro atoms. The number of halogens is 1. The smallest absolute Gasteiger partial charge is 0.310 e. The van der Waals surface area contributed by atoms with Gasteiger partial charge in [-0.25, -0.2) is 9.40 Å². The molecule has 2 heterocycles. The molecule has 174 valence electrons. The monoisotopic (exact) mass is 451 g/mol. The second kappa shape index (κ2) is 10.3. The molecule has 4 rings (SSSR count). The van der Waals surface area contributed by atoms with E-state index in [0.717, 1.165) is 36.2 Å². The van der Waals surface area contributed by atoms with Crippen molar-refractivity contribution in [2.75, 3.05) is 26.2 Å². The minimum Gasteiger partial charge on any atom is -0.466 e. The summed E-state index contributed by atoms with van der Waals surface area (Å²) in [6.07, 6.45) is 2.04. The molecular formula is C26H30FN3O3. The molecule has 6 nitrogen and oxygen atoms in total. The predicted molar refractivity (Wildman–Crippen MR) is 124 cm³/mol. The summed E-state index contributed by atoms with van der Waals surface area (Å²) in [7, 11) is 0. The largest absolute Gasteiger partial charge is 0.466 e. The molecule has 1 amide bonds. The quantitative estimate of drug-likeness (QED) is 0.621. The third kappa shape index (κ3) is 5.30. The minimum atomic E-state index is -0.499. The summed E-state index contributed by atoms with van der Waals surface area (Å²) in [5, 5.41) is 6.08. The van der Waals surface area contributed by atoms with E-state index in [0.29, 0.717) is 25.1 Å². The topological polar surface area (TPSA) is 62.2 Å². The molecule has 2 aliphatic rings. The Kier molecular flexibility index (Phi) is 7.18. The van der Waals surface area contributed by atoms with Crippen molar-refractivity contribution in [1.82, 2.24) is 9.91 Å². The van der Waals surface area contributed by atoms with Gasteiger partial charge in [0.15, 0.2) is 0 Å². The summed E-state index contributed by atoms with van der Waals surface area (Å²) in [6.45, 7) is 5.50. The number of carbonyl (C=O) groups is 2. The van der Waals surface area contributed by atoms with Crippen LogP contribution in [0.3, 0.4) is 0 Å². The van der Waals surface area contributed by atoms with E-state index >= 15 is 0 Å². The third-order valence-electron chi connectivity index (χ3n) is 6.30. The Labute approximate surface area is 194 Å². The SMILES string of the molecule is CCOC(=O)C1CCCN(CC(=O)N2N=C(c3ccc(C)cc3)CC2c2ccccc2F)C1. The van der Waals surface area contributed by atoms with Gasteiger partial charge >= 0.3 is 5.97 Å². The van der Waals surface area contributed by atoms with Gasteiger partial charge in [0.25, 0.3) is 5.91 Å². The zero-order valence-electron chi connectivity index (χ0n) is 19.2. The number of ether oxygens (including phenoxy) is 1. The van der Waals surface area contributed by atoms with Crippen LogP contribution < -0.4 is 0 Å². The highest BCUT2D eigenvalue weighted by molar-refractivity contribution is 6.03. The highest BCUT2D eigenvalue weighted by atomic mass is 19.1. The molecule has 0 aromatic heterocycles. The van der Waals surface area contributed by atoms with Crippen molar-refractivity contribution in [3.05, 3.63) is 71.0 Å². The third-order valence-corrected chi connectivity index (χ3v) is 6.30. The van der Waals surface area contributed by atoms with Crippen molar-refractivity contribution in [2.24, 2.45) is 11.0 Å². The lowest BCUT2D eigenvalue weighted by Gasteiger charge is -2.32. The maximum Gasteiger partial charge on any atom is 0.310 e. The first-order chi connectivity index (χ1) is 16.0. The van der Waals surface area contributed by atoms with Crippen LogP contribution >= 0.6 is 0 Å². The summed E-state index contributed by atoms with van der Waals surface area (Å²) < 4.78 is 19.9. The first kappa shape index (κ1) is 23.1. The molecule has 2 unspecified atom stereocenters. The van der Waals surface area contributed by atoms with Crippen LogP contribution in [0.1, 0.15) is 48.9 Å². The van der Waals surface area contributed by atoms with Crippen LogP contribution in [-0.2, 0) is 14.3 Å². The van der Waals surface area contributed by atoms with Gasteiger partial charge in [-0.2, -0.15) is 5.10 Å². The molecule has 33 heavy (non-hydrogen) atoms. The Morgan fingerprint density at radius 1 is 1.15 bits per heavy atom. The van der Waals surface area contributed by atoms with Crippen molar-refractivity contribution >= 4 is 17.6 Å². The average Bonchev–Trinajstić information content (AvgIpc) is 3.25. The summed E-state index contributed by atoms with van der Waals surface area (Å²) in [5.74, 6) is -0.977. The van der Waals surface area contributed by atoms with E-state index in [1.807, 2.05) is 36.1 Å². The molecule has 7 heteroatoms. The number of hydrogen-bond acceptors (Lipinski definition) is 5. The van der Waals surface area contributed by atoms with Crippen molar-refractivity contribution in [3.8, 4) is 0 Å². The molecule has 0 saturated carbocycles. The van der Waals surface area contributed by atoms with Gasteiger partial charge in [0, 0.05) is 18.5 Å². The van der Waals surface area contributed by atoms with Crippen LogP contribution in [-0.4, -0.2) is 53.7 Å². The molecular weight excluding hydrogens is 421 g/mol. The van der Waals surface area contributed by atoms with E-state index in [1.165, 1.54) is 11.1 Å². The van der Waals surface area contributed by atoms with Gasteiger partial charge < -0.3 is 4.74 Å². The van der Waals surface area contributed by atoms with Crippen molar-refractivity contribution in [1.29, 1.82) is 0 Å². The standard InChI is InChI=1S/C26H30FN3O3/c1-3-33-26(32)20-7-6-14-29(16-20)17-25(31)30-24(21-8-4-5-9-22(21)27)15-23(28-30)19-12-10-18(2)11-13-19/h4-5,8-13,20,24H,3,6-7,14-17H2,1-2H3. The lowest BCUT2D eigenvalue weighted by Crippen LogP contribution is -2.45. The molecule has 2 aromatic rings. The summed E-state index contributed by atoms with van der Waals surface area (Å²) in [6, 6.07) is 14.0. The molecule has 1 saturated heterocycles. The van der Waals surface area contributed by atoms with E-state index in [1.54, 1.807) is 25.1 Å². The molecule has 2 atom stereocenters. The Morgan fingerprint density at radius 2 is 1.91 bits per heavy atom. The van der Waals surface area contributed by atoms with Crippen molar-refractivity contribution in [2.45, 2.75) is 39.2 Å². The number of nitrogens with zero attached hydrogens (tertiary/aromatic N) is 3. The van der Waals surface area contributed by atoms with Gasteiger partial charge in [-0.1, -0.05) is 48.0 Å². The van der Waals surface area contributed by atoms with E-state index < -0.39 is 6.04 Å². The zero-order valence-corrected chi connectivity index (χ0v) is 19.2. The van der Waals surface area contributed by atoms with Gasteiger partial charge in [0.2, 0.25) is 0 Å². The van der Waals surface area contributed by atoms with Crippen LogP contribution in [0.25, 0.3) is 0 Å². The van der Waals surface area contributed by atoms with Gasteiger partial charge in [0.1, 0.15) is 5.82 Å². The maximum absolute atomic E-state index is 14.7. The number of likely N-dealkylation sites (tertiary alicyclic amines) is 1. The van der Waals surface area contributed by atoms with Crippen molar-refractivity contribution < 1.29 is 18.7 Å². The molecule has 0 N–H and O–H groups in total. The van der Waals surface area contributed by atoms with Gasteiger partial charge in [-0.05, 0) is 44.9 Å². The van der Waals surface area contributed by atoms with E-state index in [9.17, 15) is 14.0 Å². The first-order valence-corrected chi connectivity index (χ1v) is 11.6. The number of aryl methyl sites for hydroxylation is 1. The minimum absolute atomic E-state index is 0.130. The molecule has 0 radical (unpaired) electrons. The predicted octanol–water partition coefficient (Wildman–Crippen LogP) is 4.09. The molecule has 0 bridgehead atoms.